The van der Waals surface area contributed by atoms with E-state index in [1.165, 1.54) is 10.6 Å². The van der Waals surface area contributed by atoms with Crippen LogP contribution in [0.25, 0.3) is 0 Å². The van der Waals surface area contributed by atoms with Crippen LogP contribution in [0.4, 0.5) is 0 Å². The summed E-state index contributed by atoms with van der Waals surface area (Å²) < 4.78 is 11.8. The molecule has 1 aliphatic heterocycles. The van der Waals surface area contributed by atoms with Gasteiger partial charge in [-0.15, -0.1) is 0 Å². The van der Waals surface area contributed by atoms with Crippen molar-refractivity contribution in [1.82, 2.24) is 0 Å². The van der Waals surface area contributed by atoms with Crippen molar-refractivity contribution in [2.45, 2.75) is 6.10 Å². The van der Waals surface area contributed by atoms with Crippen LogP contribution in [0.1, 0.15) is 0 Å². The molecule has 20 heavy (non-hydrogen) atoms. The van der Waals surface area contributed by atoms with E-state index in [1.54, 1.807) is 0 Å². The summed E-state index contributed by atoms with van der Waals surface area (Å²) in [4.78, 5) is 0. The lowest BCUT2D eigenvalue weighted by Crippen LogP contribution is -2.24. The van der Waals surface area contributed by atoms with Crippen LogP contribution in [-0.4, -0.2) is 19.3 Å². The minimum absolute atomic E-state index is 0.0373. The van der Waals surface area contributed by atoms with Crippen LogP contribution >= 0.6 is 8.15 Å². The average Bonchev–Trinajstić information content (AvgIpc) is 2.55. The highest BCUT2D eigenvalue weighted by atomic mass is 31.1. The Kier molecular flexibility index (Phi) is 4.60. The summed E-state index contributed by atoms with van der Waals surface area (Å²) in [5, 5.41) is 2.46. The van der Waals surface area contributed by atoms with Gasteiger partial charge in [0.2, 0.25) is 0 Å². The van der Waals surface area contributed by atoms with Crippen LogP contribution in [0.2, 0.25) is 0 Å². The highest BCUT2D eigenvalue weighted by molar-refractivity contribution is 7.68. The first-order chi connectivity index (χ1) is 9.93. The molecular weight excluding hydrogens is 267 g/mol. The Labute approximate surface area is 120 Å². The number of hydrogen-bond donors (Lipinski definition) is 0. The Morgan fingerprint density at radius 1 is 0.900 bits per heavy atom. The molecule has 1 heterocycles. The van der Waals surface area contributed by atoms with Gasteiger partial charge in [-0.25, -0.2) is 0 Å². The van der Waals surface area contributed by atoms with Gasteiger partial charge >= 0.3 is 0 Å². The highest BCUT2D eigenvalue weighted by Gasteiger charge is 2.20. The third-order valence-electron chi connectivity index (χ3n) is 3.07. The van der Waals surface area contributed by atoms with Gasteiger partial charge in [0.05, 0.1) is 21.4 Å². The van der Waals surface area contributed by atoms with Crippen LogP contribution in [0.5, 0.6) is 0 Å². The number of hydrogen-bond acceptors (Lipinski definition) is 2. The predicted molar refractivity (Wildman–Crippen MR) is 83.9 cm³/mol. The molecule has 0 saturated carbocycles. The van der Waals surface area contributed by atoms with Gasteiger partial charge in [-0.05, 0) is 0 Å². The minimum atomic E-state index is -0.805. The Morgan fingerprint density at radius 3 is 2.00 bits per heavy atom. The fraction of sp³-hybridized carbons (Fsp3) is 0.176. The number of rotatable bonds is 4. The molecule has 3 rings (SSSR count). The van der Waals surface area contributed by atoms with Gasteiger partial charge < -0.3 is 9.26 Å². The largest absolute Gasteiger partial charge is 0.374 e. The quantitative estimate of drug-likeness (QED) is 0.635. The molecule has 0 N–H and O–H groups in total. The third-order valence-corrected chi connectivity index (χ3v) is 5.09. The van der Waals surface area contributed by atoms with Gasteiger partial charge in [-0.2, -0.15) is 0 Å². The SMILES string of the molecule is C1=C[C@H](OP(c2ccccc2)c2ccccc2)COC1. The number of ether oxygens (including phenoxy) is 1. The summed E-state index contributed by atoms with van der Waals surface area (Å²) in [6.07, 6.45) is 4.16. The molecule has 2 nitrogen and oxygen atoms in total. The first-order valence-corrected chi connectivity index (χ1v) is 8.01. The molecule has 0 aromatic heterocycles. The van der Waals surface area contributed by atoms with Crippen LogP contribution in [0, 0.1) is 0 Å². The fourth-order valence-corrected chi connectivity index (χ4v) is 3.94. The molecule has 1 atom stereocenters. The summed E-state index contributed by atoms with van der Waals surface area (Å²) in [7, 11) is -0.805. The lowest BCUT2D eigenvalue weighted by molar-refractivity contribution is 0.0831. The van der Waals surface area contributed by atoms with E-state index in [0.717, 1.165) is 0 Å². The third kappa shape index (κ3) is 3.34. The van der Waals surface area contributed by atoms with Crippen molar-refractivity contribution in [1.29, 1.82) is 0 Å². The fourth-order valence-electron chi connectivity index (χ4n) is 2.11. The first-order valence-electron chi connectivity index (χ1n) is 6.75. The lowest BCUT2D eigenvalue weighted by atomic mass is 10.3. The van der Waals surface area contributed by atoms with Crippen molar-refractivity contribution in [3.8, 4) is 0 Å². The summed E-state index contributed by atoms with van der Waals surface area (Å²) >= 11 is 0. The molecule has 3 heteroatoms. The Morgan fingerprint density at radius 2 is 1.50 bits per heavy atom. The van der Waals surface area contributed by atoms with Gasteiger partial charge in [0.1, 0.15) is 6.10 Å². The summed E-state index contributed by atoms with van der Waals surface area (Å²) in [6, 6.07) is 20.8. The average molecular weight is 284 g/mol. The van der Waals surface area contributed by atoms with Crippen molar-refractivity contribution in [3.05, 3.63) is 72.8 Å². The Bertz CT molecular complexity index is 514. The van der Waals surface area contributed by atoms with Crippen LogP contribution in [0.3, 0.4) is 0 Å². The molecule has 0 saturated heterocycles. The Hall–Kier alpha value is -1.47. The molecule has 2 aromatic rings. The van der Waals surface area contributed by atoms with E-state index in [1.807, 2.05) is 18.2 Å². The second-order valence-corrected chi connectivity index (χ2v) is 6.41. The minimum Gasteiger partial charge on any atom is -0.374 e. The molecule has 0 bridgehead atoms. The molecule has 0 radical (unpaired) electrons. The van der Waals surface area contributed by atoms with Crippen LogP contribution in [0.15, 0.2) is 72.8 Å². The van der Waals surface area contributed by atoms with Crippen molar-refractivity contribution in [2.75, 3.05) is 13.2 Å². The topological polar surface area (TPSA) is 18.5 Å². The molecule has 0 fully saturated rings. The Balaban J connectivity index is 1.87. The lowest BCUT2D eigenvalue weighted by Gasteiger charge is -2.25. The van der Waals surface area contributed by atoms with Crippen molar-refractivity contribution < 1.29 is 9.26 Å². The van der Waals surface area contributed by atoms with E-state index in [0.29, 0.717) is 13.2 Å². The maximum Gasteiger partial charge on any atom is 0.104 e. The summed E-state index contributed by atoms with van der Waals surface area (Å²) in [6.45, 7) is 1.32. The van der Waals surface area contributed by atoms with Gasteiger partial charge in [-0.3, -0.25) is 0 Å². The van der Waals surface area contributed by atoms with E-state index in [2.05, 4.69) is 54.6 Å². The van der Waals surface area contributed by atoms with Gasteiger partial charge in [0, 0.05) is 10.6 Å². The summed E-state index contributed by atoms with van der Waals surface area (Å²) in [5.74, 6) is 0. The zero-order valence-electron chi connectivity index (χ0n) is 11.2. The zero-order chi connectivity index (χ0) is 13.6. The molecule has 0 aliphatic carbocycles. The second kappa shape index (κ2) is 6.81. The van der Waals surface area contributed by atoms with E-state index in [-0.39, 0.29) is 6.10 Å². The maximum atomic E-state index is 6.32. The van der Waals surface area contributed by atoms with E-state index < -0.39 is 8.15 Å². The van der Waals surface area contributed by atoms with E-state index >= 15 is 0 Å². The predicted octanol–water partition coefficient (Wildman–Crippen LogP) is 3.01. The summed E-state index contributed by atoms with van der Waals surface area (Å²) in [5.41, 5.74) is 0. The molecule has 0 unspecified atom stereocenters. The second-order valence-electron chi connectivity index (χ2n) is 4.57. The molecule has 0 amide bonds. The van der Waals surface area contributed by atoms with Gasteiger partial charge in [-0.1, -0.05) is 72.8 Å². The molecular formula is C17H17O2P. The number of benzene rings is 2. The smallest absolute Gasteiger partial charge is 0.104 e. The monoisotopic (exact) mass is 284 g/mol. The van der Waals surface area contributed by atoms with Gasteiger partial charge in [0.15, 0.2) is 0 Å². The van der Waals surface area contributed by atoms with Gasteiger partial charge in [0.25, 0.3) is 0 Å². The van der Waals surface area contributed by atoms with E-state index in [9.17, 15) is 0 Å². The van der Waals surface area contributed by atoms with Crippen molar-refractivity contribution in [2.24, 2.45) is 0 Å². The normalized spacial score (nSPS) is 18.4. The van der Waals surface area contributed by atoms with Crippen LogP contribution in [-0.2, 0) is 9.26 Å². The first kappa shape index (κ1) is 13.5. The molecule has 102 valence electrons. The highest BCUT2D eigenvalue weighted by Crippen LogP contribution is 2.37. The maximum absolute atomic E-state index is 6.32. The van der Waals surface area contributed by atoms with Crippen molar-refractivity contribution >= 4 is 18.8 Å². The molecule has 2 aromatic carbocycles. The molecule has 0 spiro atoms. The van der Waals surface area contributed by atoms with E-state index in [4.69, 9.17) is 9.26 Å². The standard InChI is InChI=1S/C17H17O2P/c1-3-9-16(10-4-1)20(17-11-5-2-6-12-17)19-15-8-7-13-18-14-15/h1-12,15H,13-14H2/t15-/m0/s1. The zero-order valence-corrected chi connectivity index (χ0v) is 12.1. The molecule has 1 aliphatic rings. The van der Waals surface area contributed by atoms with Crippen molar-refractivity contribution in [3.63, 3.8) is 0 Å². The van der Waals surface area contributed by atoms with Crippen LogP contribution < -0.4 is 10.6 Å².